The van der Waals surface area contributed by atoms with E-state index in [2.05, 4.69) is 0 Å². The molecule has 3 rings (SSSR count). The van der Waals surface area contributed by atoms with Crippen LogP contribution in [0.25, 0.3) is 0 Å². The van der Waals surface area contributed by atoms with E-state index in [9.17, 15) is 14.0 Å². The van der Waals surface area contributed by atoms with Gasteiger partial charge in [0.1, 0.15) is 11.9 Å². The SMILES string of the molecule is Cc1cc(C(=O)N2CCCC[C@@H]2C(=O)N2CCCC2)ccc1F. The molecule has 1 atom stereocenters. The molecule has 0 radical (unpaired) electrons. The van der Waals surface area contributed by atoms with Crippen LogP contribution in [0.1, 0.15) is 48.0 Å². The second-order valence-electron chi connectivity index (χ2n) is 6.51. The van der Waals surface area contributed by atoms with Gasteiger partial charge in [-0.05, 0) is 62.8 Å². The van der Waals surface area contributed by atoms with Crippen molar-refractivity contribution < 1.29 is 14.0 Å². The Bertz CT molecular complexity index is 611. The van der Waals surface area contributed by atoms with Crippen LogP contribution in [0.5, 0.6) is 0 Å². The Balaban J connectivity index is 1.81. The molecule has 0 aromatic heterocycles. The lowest BCUT2D eigenvalue weighted by atomic mass is 9.99. The van der Waals surface area contributed by atoms with E-state index >= 15 is 0 Å². The van der Waals surface area contributed by atoms with Crippen molar-refractivity contribution in [2.45, 2.75) is 45.1 Å². The van der Waals surface area contributed by atoms with Crippen LogP contribution >= 0.6 is 0 Å². The number of aryl methyl sites for hydroxylation is 1. The first-order valence-corrected chi connectivity index (χ1v) is 8.44. The van der Waals surface area contributed by atoms with Gasteiger partial charge >= 0.3 is 0 Å². The second kappa shape index (κ2) is 6.69. The monoisotopic (exact) mass is 318 g/mol. The number of hydrogen-bond donors (Lipinski definition) is 0. The standard InChI is InChI=1S/C18H23FN2O2/c1-13-12-14(7-8-15(13)19)17(22)21-11-3-2-6-16(21)18(23)20-9-4-5-10-20/h7-8,12,16H,2-6,9-11H2,1H3/t16-/m1/s1. The van der Waals surface area contributed by atoms with Crippen LogP contribution in [-0.4, -0.2) is 47.3 Å². The topological polar surface area (TPSA) is 40.6 Å². The molecule has 2 heterocycles. The number of carbonyl (C=O) groups is 2. The Morgan fingerprint density at radius 1 is 1.09 bits per heavy atom. The summed E-state index contributed by atoms with van der Waals surface area (Å²) in [5, 5.41) is 0. The molecule has 0 aliphatic carbocycles. The molecule has 0 N–H and O–H groups in total. The van der Waals surface area contributed by atoms with E-state index in [1.807, 2.05) is 4.90 Å². The minimum Gasteiger partial charge on any atom is -0.341 e. The van der Waals surface area contributed by atoms with Gasteiger partial charge in [-0.15, -0.1) is 0 Å². The van der Waals surface area contributed by atoms with E-state index < -0.39 is 0 Å². The van der Waals surface area contributed by atoms with Gasteiger partial charge in [0.25, 0.3) is 5.91 Å². The zero-order valence-corrected chi connectivity index (χ0v) is 13.6. The number of amides is 2. The van der Waals surface area contributed by atoms with Crippen molar-refractivity contribution in [3.63, 3.8) is 0 Å². The summed E-state index contributed by atoms with van der Waals surface area (Å²) in [6.45, 7) is 3.84. The Labute approximate surface area is 136 Å². The molecule has 0 spiro atoms. The highest BCUT2D eigenvalue weighted by molar-refractivity contribution is 5.97. The van der Waals surface area contributed by atoms with Gasteiger partial charge < -0.3 is 9.80 Å². The molecule has 5 heteroatoms. The van der Waals surface area contributed by atoms with Crippen LogP contribution in [0, 0.1) is 12.7 Å². The van der Waals surface area contributed by atoms with Crippen LogP contribution < -0.4 is 0 Å². The molecular weight excluding hydrogens is 295 g/mol. The first kappa shape index (κ1) is 16.0. The summed E-state index contributed by atoms with van der Waals surface area (Å²) in [7, 11) is 0. The van der Waals surface area contributed by atoms with Crippen molar-refractivity contribution in [1.29, 1.82) is 0 Å². The lowest BCUT2D eigenvalue weighted by molar-refractivity contribution is -0.136. The molecule has 2 amide bonds. The van der Waals surface area contributed by atoms with E-state index in [4.69, 9.17) is 0 Å². The van der Waals surface area contributed by atoms with Crippen LogP contribution in [0.15, 0.2) is 18.2 Å². The highest BCUT2D eigenvalue weighted by Gasteiger charge is 2.35. The van der Waals surface area contributed by atoms with Gasteiger partial charge in [-0.25, -0.2) is 4.39 Å². The van der Waals surface area contributed by atoms with Crippen LogP contribution in [0.2, 0.25) is 0 Å². The van der Waals surface area contributed by atoms with E-state index in [1.54, 1.807) is 17.9 Å². The maximum absolute atomic E-state index is 13.4. The van der Waals surface area contributed by atoms with Crippen LogP contribution in [0.4, 0.5) is 4.39 Å². The van der Waals surface area contributed by atoms with Crippen molar-refractivity contribution in [2.24, 2.45) is 0 Å². The lowest BCUT2D eigenvalue weighted by Gasteiger charge is -2.36. The zero-order chi connectivity index (χ0) is 16.4. The van der Waals surface area contributed by atoms with Crippen molar-refractivity contribution >= 4 is 11.8 Å². The largest absolute Gasteiger partial charge is 0.341 e. The summed E-state index contributed by atoms with van der Waals surface area (Å²) in [5.74, 6) is -0.399. The van der Waals surface area contributed by atoms with Crippen molar-refractivity contribution in [3.8, 4) is 0 Å². The average Bonchev–Trinajstić information content (AvgIpc) is 3.10. The third-order valence-electron chi connectivity index (χ3n) is 4.87. The molecule has 2 fully saturated rings. The quantitative estimate of drug-likeness (QED) is 0.841. The number of likely N-dealkylation sites (tertiary alicyclic amines) is 2. The number of benzene rings is 1. The van der Waals surface area contributed by atoms with Gasteiger partial charge in [-0.2, -0.15) is 0 Å². The minimum atomic E-state index is -0.361. The lowest BCUT2D eigenvalue weighted by Crippen LogP contribution is -2.52. The molecule has 23 heavy (non-hydrogen) atoms. The highest BCUT2D eigenvalue weighted by Crippen LogP contribution is 2.23. The maximum atomic E-state index is 13.4. The van der Waals surface area contributed by atoms with Gasteiger partial charge in [0.2, 0.25) is 5.91 Å². The number of rotatable bonds is 2. The van der Waals surface area contributed by atoms with Crippen LogP contribution in [0.3, 0.4) is 0 Å². The highest BCUT2D eigenvalue weighted by atomic mass is 19.1. The third-order valence-corrected chi connectivity index (χ3v) is 4.87. The number of piperidine rings is 1. The number of nitrogens with zero attached hydrogens (tertiary/aromatic N) is 2. The minimum absolute atomic E-state index is 0.0781. The molecule has 2 saturated heterocycles. The molecular formula is C18H23FN2O2. The first-order valence-electron chi connectivity index (χ1n) is 8.44. The second-order valence-corrected chi connectivity index (χ2v) is 6.51. The molecule has 2 aliphatic heterocycles. The summed E-state index contributed by atoms with van der Waals surface area (Å²) < 4.78 is 13.4. The molecule has 0 unspecified atom stereocenters. The van der Waals surface area contributed by atoms with Crippen molar-refractivity contribution in [3.05, 3.63) is 35.1 Å². The summed E-state index contributed by atoms with van der Waals surface area (Å²) in [6, 6.07) is 4.05. The normalized spacial score (nSPS) is 21.6. The molecule has 4 nitrogen and oxygen atoms in total. The summed E-state index contributed by atoms with van der Waals surface area (Å²) >= 11 is 0. The predicted molar refractivity (Wildman–Crippen MR) is 85.6 cm³/mol. The van der Waals surface area contributed by atoms with E-state index in [1.165, 1.54) is 12.1 Å². The Morgan fingerprint density at radius 2 is 1.78 bits per heavy atom. The van der Waals surface area contributed by atoms with E-state index in [0.717, 1.165) is 45.2 Å². The van der Waals surface area contributed by atoms with Gasteiger partial charge in [0.05, 0.1) is 0 Å². The Kier molecular flexibility index (Phi) is 4.64. The molecule has 2 aliphatic rings. The fourth-order valence-corrected chi connectivity index (χ4v) is 3.52. The Hall–Kier alpha value is -1.91. The van der Waals surface area contributed by atoms with Gasteiger partial charge in [-0.1, -0.05) is 0 Å². The number of hydrogen-bond acceptors (Lipinski definition) is 2. The zero-order valence-electron chi connectivity index (χ0n) is 13.6. The van der Waals surface area contributed by atoms with E-state index in [-0.39, 0.29) is 23.7 Å². The summed E-state index contributed by atoms with van der Waals surface area (Å²) in [5.41, 5.74) is 0.917. The summed E-state index contributed by atoms with van der Waals surface area (Å²) in [4.78, 5) is 29.1. The first-order chi connectivity index (χ1) is 11.1. The number of halogens is 1. The molecule has 0 saturated carbocycles. The molecule has 0 bridgehead atoms. The average molecular weight is 318 g/mol. The maximum Gasteiger partial charge on any atom is 0.254 e. The van der Waals surface area contributed by atoms with Crippen molar-refractivity contribution in [1.82, 2.24) is 9.80 Å². The van der Waals surface area contributed by atoms with Gasteiger partial charge in [0, 0.05) is 25.2 Å². The number of carbonyl (C=O) groups excluding carboxylic acids is 2. The smallest absolute Gasteiger partial charge is 0.254 e. The fourth-order valence-electron chi connectivity index (χ4n) is 3.52. The van der Waals surface area contributed by atoms with Crippen molar-refractivity contribution in [2.75, 3.05) is 19.6 Å². The van der Waals surface area contributed by atoms with E-state index in [0.29, 0.717) is 17.7 Å². The fraction of sp³-hybridized carbons (Fsp3) is 0.556. The Morgan fingerprint density at radius 3 is 2.48 bits per heavy atom. The van der Waals surface area contributed by atoms with Gasteiger partial charge in [-0.3, -0.25) is 9.59 Å². The molecule has 124 valence electrons. The summed E-state index contributed by atoms with van der Waals surface area (Å²) in [6.07, 6.45) is 4.69. The third kappa shape index (κ3) is 3.23. The van der Waals surface area contributed by atoms with Gasteiger partial charge in [0.15, 0.2) is 0 Å². The van der Waals surface area contributed by atoms with Crippen LogP contribution in [-0.2, 0) is 4.79 Å². The predicted octanol–water partition coefficient (Wildman–Crippen LogP) is 2.75. The molecule has 1 aromatic carbocycles. The molecule has 1 aromatic rings.